The lowest BCUT2D eigenvalue weighted by Crippen LogP contribution is -2.18. The molecular weight excluding hydrogens is 222 g/mol. The molecule has 1 fully saturated rings. The maximum absolute atomic E-state index is 6.32. The summed E-state index contributed by atoms with van der Waals surface area (Å²) in [6.07, 6.45) is 9.33. The zero-order valence-electron chi connectivity index (χ0n) is 11.2. The zero-order valence-corrected chi connectivity index (χ0v) is 11.2. The van der Waals surface area contributed by atoms with Crippen molar-refractivity contribution < 1.29 is 4.74 Å². The molecule has 0 aromatic heterocycles. The first kappa shape index (κ1) is 13.6. The highest BCUT2D eigenvalue weighted by Crippen LogP contribution is 2.28. The van der Waals surface area contributed by atoms with Gasteiger partial charge in [-0.2, -0.15) is 0 Å². The first-order valence-corrected chi connectivity index (χ1v) is 7.30. The predicted octanol–water partition coefficient (Wildman–Crippen LogP) is 3.82. The highest BCUT2D eigenvalue weighted by Gasteiger charge is 2.19. The second-order valence-electron chi connectivity index (χ2n) is 5.23. The van der Waals surface area contributed by atoms with Crippen LogP contribution < -0.4 is 5.73 Å². The second kappa shape index (κ2) is 7.55. The number of benzene rings is 1. The Morgan fingerprint density at radius 2 is 1.72 bits per heavy atom. The van der Waals surface area contributed by atoms with Gasteiger partial charge in [-0.3, -0.25) is 0 Å². The third-order valence-corrected chi connectivity index (χ3v) is 3.76. The van der Waals surface area contributed by atoms with E-state index < -0.39 is 0 Å². The Morgan fingerprint density at radius 3 is 2.33 bits per heavy atom. The van der Waals surface area contributed by atoms with Crippen molar-refractivity contribution in [3.63, 3.8) is 0 Å². The fraction of sp³-hybridized carbons (Fsp3) is 0.625. The van der Waals surface area contributed by atoms with Crippen LogP contribution in [0.2, 0.25) is 0 Å². The molecule has 18 heavy (non-hydrogen) atoms. The van der Waals surface area contributed by atoms with Gasteiger partial charge in [0.2, 0.25) is 0 Å². The smallest absolute Gasteiger partial charge is 0.0840 e. The van der Waals surface area contributed by atoms with Gasteiger partial charge in [0.15, 0.2) is 0 Å². The molecule has 1 aliphatic rings. The second-order valence-corrected chi connectivity index (χ2v) is 5.23. The largest absolute Gasteiger partial charge is 0.370 e. The Bertz CT molecular complexity index is 317. The van der Waals surface area contributed by atoms with Crippen LogP contribution in [0.4, 0.5) is 0 Å². The van der Waals surface area contributed by atoms with Crippen LogP contribution in [0.5, 0.6) is 0 Å². The van der Waals surface area contributed by atoms with E-state index in [-0.39, 0.29) is 6.10 Å². The van der Waals surface area contributed by atoms with Crippen molar-refractivity contribution in [2.75, 3.05) is 6.54 Å². The van der Waals surface area contributed by atoms with Crippen LogP contribution in [0.25, 0.3) is 0 Å². The van der Waals surface area contributed by atoms with Crippen LogP contribution in [-0.2, 0) is 4.74 Å². The minimum Gasteiger partial charge on any atom is -0.370 e. The van der Waals surface area contributed by atoms with E-state index in [4.69, 9.17) is 10.5 Å². The lowest BCUT2D eigenvalue weighted by Gasteiger charge is -2.24. The quantitative estimate of drug-likeness (QED) is 0.803. The van der Waals surface area contributed by atoms with E-state index in [1.54, 1.807) is 0 Å². The highest BCUT2D eigenvalue weighted by atomic mass is 16.5. The molecule has 2 heteroatoms. The minimum absolute atomic E-state index is 0.180. The van der Waals surface area contributed by atoms with Crippen LogP contribution in [-0.4, -0.2) is 12.6 Å². The minimum atomic E-state index is 0.180. The van der Waals surface area contributed by atoms with Crippen LogP contribution >= 0.6 is 0 Å². The van der Waals surface area contributed by atoms with Gasteiger partial charge in [-0.15, -0.1) is 0 Å². The van der Waals surface area contributed by atoms with Crippen molar-refractivity contribution >= 4 is 0 Å². The van der Waals surface area contributed by atoms with Gasteiger partial charge in [-0.1, -0.05) is 56.0 Å². The van der Waals surface area contributed by atoms with Gasteiger partial charge in [0.1, 0.15) is 0 Å². The molecule has 2 N–H and O–H groups in total. The molecule has 0 amide bonds. The fourth-order valence-corrected chi connectivity index (χ4v) is 2.74. The van der Waals surface area contributed by atoms with Gasteiger partial charge >= 0.3 is 0 Å². The molecular formula is C16H25NO. The number of hydrogen-bond acceptors (Lipinski definition) is 2. The molecule has 2 rings (SSSR count). The Hall–Kier alpha value is -0.860. The maximum Gasteiger partial charge on any atom is 0.0840 e. The van der Waals surface area contributed by atoms with Crippen molar-refractivity contribution in [2.24, 2.45) is 5.73 Å². The molecule has 0 bridgehead atoms. The van der Waals surface area contributed by atoms with Crippen molar-refractivity contribution in [3.05, 3.63) is 35.9 Å². The molecule has 2 nitrogen and oxygen atoms in total. The summed E-state index contributed by atoms with van der Waals surface area (Å²) in [6, 6.07) is 10.5. The van der Waals surface area contributed by atoms with Gasteiger partial charge in [0, 0.05) is 0 Å². The highest BCUT2D eigenvalue weighted by molar-refractivity contribution is 5.17. The zero-order chi connectivity index (χ0) is 12.6. The monoisotopic (exact) mass is 247 g/mol. The summed E-state index contributed by atoms with van der Waals surface area (Å²) in [6.45, 7) is 0.687. The summed E-state index contributed by atoms with van der Waals surface area (Å²) >= 11 is 0. The normalized spacial score (nSPS) is 19.4. The Labute approximate surface area is 111 Å². The average molecular weight is 247 g/mol. The number of nitrogens with two attached hydrogens (primary N) is 1. The molecule has 0 saturated heterocycles. The lowest BCUT2D eigenvalue weighted by molar-refractivity contribution is -0.0237. The van der Waals surface area contributed by atoms with Crippen molar-refractivity contribution in [3.8, 4) is 0 Å². The third kappa shape index (κ3) is 4.11. The maximum atomic E-state index is 6.32. The van der Waals surface area contributed by atoms with E-state index in [9.17, 15) is 0 Å². The lowest BCUT2D eigenvalue weighted by atomic mass is 10.1. The van der Waals surface area contributed by atoms with E-state index in [1.165, 1.54) is 44.1 Å². The Balaban J connectivity index is 1.97. The molecule has 0 heterocycles. The molecule has 1 saturated carbocycles. The predicted molar refractivity (Wildman–Crippen MR) is 75.4 cm³/mol. The fourth-order valence-electron chi connectivity index (χ4n) is 2.74. The number of rotatable bonds is 5. The first-order valence-electron chi connectivity index (χ1n) is 7.30. The summed E-state index contributed by atoms with van der Waals surface area (Å²) < 4.78 is 6.32. The Morgan fingerprint density at radius 1 is 1.06 bits per heavy atom. The summed E-state index contributed by atoms with van der Waals surface area (Å²) in [4.78, 5) is 0. The standard InChI is InChI=1S/C16H25NO/c17-13-12-16(14-8-4-3-5-9-14)18-15-10-6-1-2-7-11-15/h3-5,8-9,15-16H,1-2,6-7,10-13,17H2. The molecule has 0 spiro atoms. The third-order valence-electron chi connectivity index (χ3n) is 3.76. The molecule has 0 aliphatic heterocycles. The van der Waals surface area contributed by atoms with Gasteiger partial charge < -0.3 is 10.5 Å². The van der Waals surface area contributed by atoms with E-state index >= 15 is 0 Å². The number of ether oxygens (including phenoxy) is 1. The van der Waals surface area contributed by atoms with Crippen molar-refractivity contribution in [1.82, 2.24) is 0 Å². The van der Waals surface area contributed by atoms with Crippen molar-refractivity contribution in [2.45, 2.75) is 57.2 Å². The van der Waals surface area contributed by atoms with Crippen LogP contribution in [0.1, 0.15) is 56.6 Å². The van der Waals surface area contributed by atoms with E-state index in [0.717, 1.165) is 6.42 Å². The molecule has 1 aromatic carbocycles. The average Bonchev–Trinajstić information content (AvgIpc) is 2.68. The molecule has 1 unspecified atom stereocenters. The number of hydrogen-bond donors (Lipinski definition) is 1. The van der Waals surface area contributed by atoms with Gasteiger partial charge in [-0.05, 0) is 31.4 Å². The topological polar surface area (TPSA) is 35.2 Å². The SMILES string of the molecule is NCCC(OC1CCCCCC1)c1ccccc1. The van der Waals surface area contributed by atoms with E-state index in [1.807, 2.05) is 0 Å². The van der Waals surface area contributed by atoms with E-state index in [0.29, 0.717) is 12.6 Å². The summed E-state index contributed by atoms with van der Waals surface area (Å²) in [7, 11) is 0. The van der Waals surface area contributed by atoms with Gasteiger partial charge in [0.05, 0.1) is 12.2 Å². The Kier molecular flexibility index (Phi) is 5.69. The summed E-state index contributed by atoms with van der Waals surface area (Å²) in [5.41, 5.74) is 6.99. The van der Waals surface area contributed by atoms with Crippen LogP contribution in [0, 0.1) is 0 Å². The first-order chi connectivity index (χ1) is 8.90. The van der Waals surface area contributed by atoms with Crippen molar-refractivity contribution in [1.29, 1.82) is 0 Å². The summed E-state index contributed by atoms with van der Waals surface area (Å²) in [5, 5.41) is 0. The summed E-state index contributed by atoms with van der Waals surface area (Å²) in [5.74, 6) is 0. The molecule has 1 atom stereocenters. The van der Waals surface area contributed by atoms with E-state index in [2.05, 4.69) is 30.3 Å². The molecule has 1 aromatic rings. The molecule has 0 radical (unpaired) electrons. The van der Waals surface area contributed by atoms with Crippen LogP contribution in [0.15, 0.2) is 30.3 Å². The van der Waals surface area contributed by atoms with Gasteiger partial charge in [-0.25, -0.2) is 0 Å². The molecule has 1 aliphatic carbocycles. The van der Waals surface area contributed by atoms with Gasteiger partial charge in [0.25, 0.3) is 0 Å². The van der Waals surface area contributed by atoms with Crippen LogP contribution in [0.3, 0.4) is 0 Å². The molecule has 100 valence electrons.